The second-order valence-electron chi connectivity index (χ2n) is 6.83. The van der Waals surface area contributed by atoms with E-state index in [4.69, 9.17) is 0 Å². The third kappa shape index (κ3) is 3.21. The van der Waals surface area contributed by atoms with Gasteiger partial charge in [0.05, 0.1) is 0 Å². The van der Waals surface area contributed by atoms with Gasteiger partial charge in [0.15, 0.2) is 0 Å². The first-order valence-electron chi connectivity index (χ1n) is 8.84. The van der Waals surface area contributed by atoms with Gasteiger partial charge in [-0.25, -0.2) is 0 Å². The van der Waals surface area contributed by atoms with E-state index in [1.807, 2.05) is 0 Å². The van der Waals surface area contributed by atoms with Gasteiger partial charge in [0.1, 0.15) is 0 Å². The zero-order valence-corrected chi connectivity index (χ0v) is 14.8. The predicted octanol–water partition coefficient (Wildman–Crippen LogP) is 6.71. The lowest BCUT2D eigenvalue weighted by molar-refractivity contribution is 1.21. The minimum absolute atomic E-state index is 0.967. The van der Waals surface area contributed by atoms with Crippen molar-refractivity contribution >= 4 is 10.8 Å². The maximum Gasteiger partial charge on any atom is -0.00196 e. The van der Waals surface area contributed by atoms with Crippen molar-refractivity contribution in [1.29, 1.82) is 0 Å². The van der Waals surface area contributed by atoms with Crippen molar-refractivity contribution in [2.45, 2.75) is 20.3 Å². The van der Waals surface area contributed by atoms with E-state index in [1.54, 1.807) is 0 Å². The molecule has 0 heterocycles. The fourth-order valence-electron chi connectivity index (χ4n) is 3.61. The van der Waals surface area contributed by atoms with Crippen LogP contribution in [-0.4, -0.2) is 0 Å². The summed E-state index contributed by atoms with van der Waals surface area (Å²) in [6, 6.07) is 30.9. The van der Waals surface area contributed by atoms with Crippen LogP contribution >= 0.6 is 0 Å². The van der Waals surface area contributed by atoms with Gasteiger partial charge in [-0.15, -0.1) is 0 Å². The van der Waals surface area contributed by atoms with Crippen molar-refractivity contribution in [3.05, 3.63) is 107 Å². The first-order chi connectivity index (χ1) is 12.2. The third-order valence-electron chi connectivity index (χ3n) is 4.92. The van der Waals surface area contributed by atoms with Gasteiger partial charge in [0, 0.05) is 0 Å². The van der Waals surface area contributed by atoms with E-state index in [2.05, 4.69) is 98.8 Å². The lowest BCUT2D eigenvalue weighted by Gasteiger charge is -2.10. The highest BCUT2D eigenvalue weighted by Gasteiger charge is 2.05. The SMILES string of the molecule is Cc1ccc(-c2ccc(Cc3cccc4ccccc34)cc2)c(C)c1. The van der Waals surface area contributed by atoms with Crippen LogP contribution < -0.4 is 0 Å². The number of hydrogen-bond donors (Lipinski definition) is 0. The molecule has 0 spiro atoms. The molecule has 0 bridgehead atoms. The van der Waals surface area contributed by atoms with Crippen molar-refractivity contribution < 1.29 is 0 Å². The molecule has 122 valence electrons. The molecule has 0 fully saturated rings. The van der Waals surface area contributed by atoms with E-state index in [9.17, 15) is 0 Å². The summed E-state index contributed by atoms with van der Waals surface area (Å²) in [4.78, 5) is 0. The Morgan fingerprint density at radius 1 is 0.680 bits per heavy atom. The molecular formula is C25H22. The zero-order chi connectivity index (χ0) is 17.2. The molecule has 0 nitrogen and oxygen atoms in total. The Balaban J connectivity index is 1.64. The third-order valence-corrected chi connectivity index (χ3v) is 4.92. The summed E-state index contributed by atoms with van der Waals surface area (Å²) in [6.07, 6.45) is 0.967. The van der Waals surface area contributed by atoms with E-state index in [0.29, 0.717) is 0 Å². The topological polar surface area (TPSA) is 0 Å². The van der Waals surface area contributed by atoms with Crippen LogP contribution in [0.15, 0.2) is 84.9 Å². The van der Waals surface area contributed by atoms with Crippen LogP contribution in [0.1, 0.15) is 22.3 Å². The van der Waals surface area contributed by atoms with Gasteiger partial charge < -0.3 is 0 Å². The average Bonchev–Trinajstić information content (AvgIpc) is 2.63. The number of fused-ring (bicyclic) bond motifs is 1. The van der Waals surface area contributed by atoms with Gasteiger partial charge in [0.25, 0.3) is 0 Å². The number of aryl methyl sites for hydroxylation is 2. The lowest BCUT2D eigenvalue weighted by Crippen LogP contribution is -1.91. The first-order valence-corrected chi connectivity index (χ1v) is 8.84. The van der Waals surface area contributed by atoms with Crippen LogP contribution in [0.2, 0.25) is 0 Å². The van der Waals surface area contributed by atoms with Crippen molar-refractivity contribution in [1.82, 2.24) is 0 Å². The Morgan fingerprint density at radius 2 is 1.44 bits per heavy atom. The molecule has 0 atom stereocenters. The quantitative estimate of drug-likeness (QED) is 0.393. The average molecular weight is 322 g/mol. The van der Waals surface area contributed by atoms with Crippen LogP contribution in [0.5, 0.6) is 0 Å². The van der Waals surface area contributed by atoms with E-state index in [0.717, 1.165) is 6.42 Å². The number of benzene rings is 4. The summed E-state index contributed by atoms with van der Waals surface area (Å²) in [5.41, 5.74) is 8.00. The highest BCUT2D eigenvalue weighted by molar-refractivity contribution is 5.86. The molecular weight excluding hydrogens is 300 g/mol. The first kappa shape index (κ1) is 15.7. The Labute approximate surface area is 149 Å². The molecule has 0 aliphatic heterocycles. The van der Waals surface area contributed by atoms with E-state index >= 15 is 0 Å². The Kier molecular flexibility index (Phi) is 4.11. The van der Waals surface area contributed by atoms with Crippen LogP contribution in [0, 0.1) is 13.8 Å². The number of rotatable bonds is 3. The summed E-state index contributed by atoms with van der Waals surface area (Å²) < 4.78 is 0. The predicted molar refractivity (Wildman–Crippen MR) is 108 cm³/mol. The summed E-state index contributed by atoms with van der Waals surface area (Å²) >= 11 is 0. The molecule has 25 heavy (non-hydrogen) atoms. The van der Waals surface area contributed by atoms with Crippen LogP contribution in [0.25, 0.3) is 21.9 Å². The second-order valence-corrected chi connectivity index (χ2v) is 6.83. The molecule has 0 radical (unpaired) electrons. The molecule has 4 aromatic carbocycles. The van der Waals surface area contributed by atoms with E-state index in [-0.39, 0.29) is 0 Å². The zero-order valence-electron chi connectivity index (χ0n) is 14.8. The fraction of sp³-hybridized carbons (Fsp3) is 0.120. The van der Waals surface area contributed by atoms with E-state index in [1.165, 1.54) is 44.2 Å². The summed E-state index contributed by atoms with van der Waals surface area (Å²) in [7, 11) is 0. The van der Waals surface area contributed by atoms with Crippen molar-refractivity contribution in [3.8, 4) is 11.1 Å². The maximum atomic E-state index is 2.26. The van der Waals surface area contributed by atoms with Crippen molar-refractivity contribution in [2.24, 2.45) is 0 Å². The van der Waals surface area contributed by atoms with Crippen molar-refractivity contribution in [2.75, 3.05) is 0 Å². The molecule has 0 amide bonds. The van der Waals surface area contributed by atoms with Crippen molar-refractivity contribution in [3.63, 3.8) is 0 Å². The highest BCUT2D eigenvalue weighted by atomic mass is 14.1. The van der Waals surface area contributed by atoms with Gasteiger partial charge in [0.2, 0.25) is 0 Å². The number of hydrogen-bond acceptors (Lipinski definition) is 0. The molecule has 0 unspecified atom stereocenters. The van der Waals surface area contributed by atoms with Gasteiger partial charge in [-0.3, -0.25) is 0 Å². The minimum Gasteiger partial charge on any atom is -0.0616 e. The molecule has 0 heteroatoms. The molecule has 0 aromatic heterocycles. The second kappa shape index (κ2) is 6.57. The summed E-state index contributed by atoms with van der Waals surface area (Å²) in [6.45, 7) is 4.33. The highest BCUT2D eigenvalue weighted by Crippen LogP contribution is 2.26. The summed E-state index contributed by atoms with van der Waals surface area (Å²) in [5, 5.41) is 2.66. The molecule has 0 N–H and O–H groups in total. The smallest absolute Gasteiger partial charge is 0.00196 e. The van der Waals surface area contributed by atoms with Gasteiger partial charge >= 0.3 is 0 Å². The minimum atomic E-state index is 0.967. The largest absolute Gasteiger partial charge is 0.0616 e. The monoisotopic (exact) mass is 322 g/mol. The molecule has 0 saturated carbocycles. The van der Waals surface area contributed by atoms with Crippen LogP contribution in [0.4, 0.5) is 0 Å². The summed E-state index contributed by atoms with van der Waals surface area (Å²) in [5.74, 6) is 0. The van der Waals surface area contributed by atoms with Gasteiger partial charge in [-0.05, 0) is 58.9 Å². The Hall–Kier alpha value is -2.86. The van der Waals surface area contributed by atoms with Gasteiger partial charge in [-0.1, -0.05) is 90.5 Å². The van der Waals surface area contributed by atoms with Crippen LogP contribution in [-0.2, 0) is 6.42 Å². The molecule has 4 rings (SSSR count). The van der Waals surface area contributed by atoms with Gasteiger partial charge in [-0.2, -0.15) is 0 Å². The molecule has 4 aromatic rings. The molecule has 0 saturated heterocycles. The van der Waals surface area contributed by atoms with E-state index < -0.39 is 0 Å². The Bertz CT molecular complexity index is 1020. The standard InChI is InChI=1S/C25H22/c1-18-10-15-24(19(2)16-18)22-13-11-20(12-14-22)17-23-8-5-7-21-6-3-4-9-25(21)23/h3-16H,17H2,1-2H3. The lowest BCUT2D eigenvalue weighted by atomic mass is 9.95. The molecule has 0 aliphatic carbocycles. The maximum absolute atomic E-state index is 2.26. The molecule has 0 aliphatic rings. The van der Waals surface area contributed by atoms with Crippen LogP contribution in [0.3, 0.4) is 0 Å². The Morgan fingerprint density at radius 3 is 2.24 bits per heavy atom. The fourth-order valence-corrected chi connectivity index (χ4v) is 3.61. The normalized spacial score (nSPS) is 11.0.